The molecule has 0 saturated heterocycles. The number of hydrogen-bond acceptors (Lipinski definition) is 4. The minimum Gasteiger partial charge on any atom is -0.340 e. The molecule has 142 valence electrons. The van der Waals surface area contributed by atoms with Crippen LogP contribution in [-0.4, -0.2) is 27.0 Å². The molecule has 1 heterocycles. The van der Waals surface area contributed by atoms with Crippen molar-refractivity contribution in [2.45, 2.75) is 16.4 Å². The number of amides is 1. The summed E-state index contributed by atoms with van der Waals surface area (Å²) >= 11 is 6.35. The maximum atomic E-state index is 13.1. The van der Waals surface area contributed by atoms with Gasteiger partial charge in [0.25, 0.3) is 10.0 Å². The Morgan fingerprint density at radius 2 is 1.77 bits per heavy atom. The summed E-state index contributed by atoms with van der Waals surface area (Å²) in [6.45, 7) is -0.911. The van der Waals surface area contributed by atoms with Crippen molar-refractivity contribution in [1.29, 1.82) is 0 Å². The molecule has 0 spiro atoms. The van der Waals surface area contributed by atoms with Crippen molar-refractivity contribution in [2.75, 3.05) is 6.54 Å². The molecule has 0 radical (unpaired) electrons. The van der Waals surface area contributed by atoms with Crippen LogP contribution in [0.1, 0.15) is 11.6 Å². The summed E-state index contributed by atoms with van der Waals surface area (Å²) in [5, 5.41) is 1.69. The highest BCUT2D eigenvalue weighted by molar-refractivity contribution is 7.91. The topological polar surface area (TPSA) is 75.3 Å². The molecule has 1 aromatic heterocycles. The van der Waals surface area contributed by atoms with Crippen LogP contribution in [-0.2, 0) is 14.8 Å². The molecular weight excluding hydrogens is 420 g/mol. The number of nitrogens with one attached hydrogen (secondary N) is 2. The van der Waals surface area contributed by atoms with Crippen molar-refractivity contribution in [3.63, 3.8) is 0 Å². The highest BCUT2D eigenvalue weighted by Gasteiger charge is 2.41. The van der Waals surface area contributed by atoms with E-state index in [4.69, 9.17) is 11.6 Å². The van der Waals surface area contributed by atoms with Gasteiger partial charge in [-0.25, -0.2) is 17.5 Å². The van der Waals surface area contributed by atoms with Gasteiger partial charge in [0.1, 0.15) is 10.0 Å². The van der Waals surface area contributed by atoms with Crippen LogP contribution in [0, 0.1) is 5.82 Å². The van der Waals surface area contributed by atoms with Gasteiger partial charge in [-0.05, 0) is 29.8 Å². The Hall–Kier alpha value is -1.69. The lowest BCUT2D eigenvalue weighted by Crippen LogP contribution is -2.43. The fraction of sp³-hybridized carbons (Fsp3) is 0.214. The lowest BCUT2D eigenvalue weighted by Gasteiger charge is -2.22. The van der Waals surface area contributed by atoms with Gasteiger partial charge in [0.2, 0.25) is 5.91 Å². The first-order valence-electron chi connectivity index (χ1n) is 6.85. The molecule has 1 unspecified atom stereocenters. The van der Waals surface area contributed by atoms with E-state index in [1.165, 1.54) is 12.1 Å². The van der Waals surface area contributed by atoms with E-state index in [1.807, 2.05) is 4.72 Å². The first kappa shape index (κ1) is 20.6. The average molecular weight is 431 g/mol. The molecule has 1 atom stereocenters. The first-order chi connectivity index (χ1) is 12.0. The lowest BCUT2D eigenvalue weighted by atomic mass is 10.1. The van der Waals surface area contributed by atoms with Gasteiger partial charge in [-0.15, -0.1) is 11.3 Å². The number of alkyl halides is 3. The summed E-state index contributed by atoms with van der Waals surface area (Å²) in [6, 6.07) is 3.53. The van der Waals surface area contributed by atoms with Crippen LogP contribution in [0.3, 0.4) is 0 Å². The predicted octanol–water partition coefficient (Wildman–Crippen LogP) is 3.24. The molecule has 0 bridgehead atoms. The van der Waals surface area contributed by atoms with Gasteiger partial charge >= 0.3 is 6.18 Å². The molecule has 1 aromatic carbocycles. The Kier molecular flexibility index (Phi) is 6.27. The normalized spacial score (nSPS) is 13.4. The number of hydrogen-bond donors (Lipinski definition) is 2. The Labute approximate surface area is 155 Å². The van der Waals surface area contributed by atoms with Gasteiger partial charge in [-0.2, -0.15) is 13.2 Å². The van der Waals surface area contributed by atoms with Gasteiger partial charge in [0, 0.05) is 0 Å². The quantitative estimate of drug-likeness (QED) is 0.691. The van der Waals surface area contributed by atoms with Crippen LogP contribution in [0.25, 0.3) is 0 Å². The first-order valence-corrected chi connectivity index (χ1v) is 9.53. The zero-order chi connectivity index (χ0) is 19.5. The van der Waals surface area contributed by atoms with E-state index < -0.39 is 40.5 Å². The number of sulfonamides is 1. The van der Waals surface area contributed by atoms with E-state index in [1.54, 1.807) is 5.32 Å². The third-order valence-corrected chi connectivity index (χ3v) is 6.20. The van der Waals surface area contributed by atoms with E-state index in [0.717, 1.165) is 35.6 Å². The third-order valence-electron chi connectivity index (χ3n) is 3.07. The van der Waals surface area contributed by atoms with Crippen LogP contribution >= 0.6 is 22.9 Å². The summed E-state index contributed by atoms with van der Waals surface area (Å²) < 4.78 is 78.1. The smallest absolute Gasteiger partial charge is 0.340 e. The number of halogens is 5. The third kappa shape index (κ3) is 5.40. The summed E-state index contributed by atoms with van der Waals surface area (Å²) in [7, 11) is -4.08. The fourth-order valence-electron chi connectivity index (χ4n) is 1.90. The monoisotopic (exact) mass is 430 g/mol. The molecule has 2 N–H and O–H groups in total. The van der Waals surface area contributed by atoms with Crippen molar-refractivity contribution in [3.8, 4) is 0 Å². The Morgan fingerprint density at radius 1 is 1.15 bits per heavy atom. The van der Waals surface area contributed by atoms with Gasteiger partial charge in [-0.1, -0.05) is 23.7 Å². The maximum absolute atomic E-state index is 13.1. The van der Waals surface area contributed by atoms with Gasteiger partial charge < -0.3 is 5.32 Å². The molecular formula is C14H11ClF4N2O3S2. The lowest BCUT2D eigenvalue weighted by molar-refractivity contribution is -0.163. The molecule has 0 aliphatic carbocycles. The summed E-state index contributed by atoms with van der Waals surface area (Å²) in [6.07, 6.45) is -4.85. The highest BCUT2D eigenvalue weighted by Crippen LogP contribution is 2.32. The summed E-state index contributed by atoms with van der Waals surface area (Å²) in [4.78, 5) is 11.8. The van der Waals surface area contributed by atoms with Crippen LogP contribution in [0.15, 0.2) is 40.6 Å². The number of carbonyl (C=O) groups excluding carboxylic acids is 1. The number of benzene rings is 1. The molecule has 0 saturated carbocycles. The van der Waals surface area contributed by atoms with Gasteiger partial charge in [0.05, 0.1) is 10.9 Å². The second kappa shape index (κ2) is 7.91. The van der Waals surface area contributed by atoms with Crippen molar-refractivity contribution in [3.05, 3.63) is 52.1 Å². The van der Waals surface area contributed by atoms with Crippen molar-refractivity contribution >= 4 is 38.9 Å². The van der Waals surface area contributed by atoms with Crippen LogP contribution in [0.5, 0.6) is 0 Å². The zero-order valence-electron chi connectivity index (χ0n) is 12.7. The Bertz CT molecular complexity index is 882. The fourth-order valence-corrected chi connectivity index (χ4v) is 4.40. The predicted molar refractivity (Wildman–Crippen MR) is 87.9 cm³/mol. The van der Waals surface area contributed by atoms with E-state index in [0.29, 0.717) is 0 Å². The summed E-state index contributed by atoms with van der Waals surface area (Å²) in [5.74, 6) is -1.94. The zero-order valence-corrected chi connectivity index (χ0v) is 15.1. The van der Waals surface area contributed by atoms with Gasteiger partial charge in [0.15, 0.2) is 6.04 Å². The van der Waals surface area contributed by atoms with E-state index >= 15 is 0 Å². The van der Waals surface area contributed by atoms with Crippen molar-refractivity contribution in [1.82, 2.24) is 10.0 Å². The summed E-state index contributed by atoms with van der Waals surface area (Å²) in [5.41, 5.74) is -0.389. The molecule has 1 amide bonds. The molecule has 2 aromatic rings. The highest BCUT2D eigenvalue weighted by atomic mass is 35.5. The van der Waals surface area contributed by atoms with Gasteiger partial charge in [-0.3, -0.25) is 4.79 Å². The van der Waals surface area contributed by atoms with E-state index in [9.17, 15) is 30.8 Å². The van der Waals surface area contributed by atoms with Crippen LogP contribution < -0.4 is 10.0 Å². The Morgan fingerprint density at radius 3 is 2.27 bits per heavy atom. The molecule has 0 aliphatic heterocycles. The molecule has 2 rings (SSSR count). The standard InChI is InChI=1S/C14H11ClF4N2O3S2/c15-10-5-6-12(25-10)26(23,24)20-7-11(22)21-13(14(17,18)19)8-1-3-9(16)4-2-8/h1-6,13,20H,7H2,(H,21,22). The Balaban J connectivity index is 2.07. The largest absolute Gasteiger partial charge is 0.412 e. The van der Waals surface area contributed by atoms with Crippen molar-refractivity contribution in [2.24, 2.45) is 0 Å². The van der Waals surface area contributed by atoms with E-state index in [-0.39, 0.29) is 14.1 Å². The number of rotatable bonds is 6. The minimum atomic E-state index is -4.85. The van der Waals surface area contributed by atoms with Crippen LogP contribution in [0.4, 0.5) is 17.6 Å². The maximum Gasteiger partial charge on any atom is 0.412 e. The van der Waals surface area contributed by atoms with Crippen LogP contribution in [0.2, 0.25) is 4.34 Å². The molecule has 5 nitrogen and oxygen atoms in total. The molecule has 0 aliphatic rings. The van der Waals surface area contributed by atoms with E-state index in [2.05, 4.69) is 0 Å². The SMILES string of the molecule is O=C(CNS(=O)(=O)c1ccc(Cl)s1)NC(c1ccc(F)cc1)C(F)(F)F. The van der Waals surface area contributed by atoms with Crippen molar-refractivity contribution < 1.29 is 30.8 Å². The molecule has 12 heteroatoms. The number of carbonyl (C=O) groups is 1. The second-order valence-electron chi connectivity index (χ2n) is 4.98. The average Bonchev–Trinajstić information content (AvgIpc) is 2.98. The minimum absolute atomic E-state index is 0.179. The second-order valence-corrected chi connectivity index (χ2v) is 8.69. The molecule has 0 fully saturated rings. The number of thiophene rings is 1. The molecule has 26 heavy (non-hydrogen) atoms.